The number of hydrogen-bond donors (Lipinski definition) is 2. The van der Waals surface area contributed by atoms with Gasteiger partial charge in [0.1, 0.15) is 5.75 Å². The average Bonchev–Trinajstić information content (AvgIpc) is 2.74. The van der Waals surface area contributed by atoms with Gasteiger partial charge < -0.3 is 15.8 Å². The van der Waals surface area contributed by atoms with Crippen LogP contribution >= 0.6 is 0 Å². The molecule has 1 fully saturated rings. The molecule has 0 atom stereocenters. The molecule has 4 nitrogen and oxygen atoms in total. The summed E-state index contributed by atoms with van der Waals surface area (Å²) < 4.78 is 5.12. The first kappa shape index (κ1) is 14.7. The average molecular weight is 276 g/mol. The summed E-state index contributed by atoms with van der Waals surface area (Å²) in [5, 5.41) is 3.03. The van der Waals surface area contributed by atoms with Crippen LogP contribution in [0, 0.1) is 5.92 Å². The largest absolute Gasteiger partial charge is 0.495 e. The summed E-state index contributed by atoms with van der Waals surface area (Å²) in [5.74, 6) is 1.04. The van der Waals surface area contributed by atoms with E-state index in [4.69, 9.17) is 10.5 Å². The minimum absolute atomic E-state index is 0.182. The van der Waals surface area contributed by atoms with Gasteiger partial charge in [0.05, 0.1) is 12.8 Å². The zero-order valence-corrected chi connectivity index (χ0v) is 12.2. The van der Waals surface area contributed by atoms with Crippen molar-refractivity contribution < 1.29 is 9.53 Å². The van der Waals surface area contributed by atoms with Crippen molar-refractivity contribution in [3.63, 3.8) is 0 Å². The number of nitrogen functional groups attached to an aromatic ring is 1. The monoisotopic (exact) mass is 276 g/mol. The SMILES string of the molecule is COc1ccc(CNC(=O)C2CCCCCC2)cc1N. The first-order chi connectivity index (χ1) is 9.70. The number of benzene rings is 1. The molecule has 1 aromatic rings. The van der Waals surface area contributed by atoms with E-state index in [1.807, 2.05) is 18.2 Å². The second-order valence-corrected chi connectivity index (χ2v) is 5.48. The zero-order chi connectivity index (χ0) is 14.4. The number of ether oxygens (including phenoxy) is 1. The van der Waals surface area contributed by atoms with Crippen molar-refractivity contribution in [1.82, 2.24) is 5.32 Å². The quantitative estimate of drug-likeness (QED) is 0.656. The van der Waals surface area contributed by atoms with Gasteiger partial charge in [-0.1, -0.05) is 31.7 Å². The second-order valence-electron chi connectivity index (χ2n) is 5.48. The van der Waals surface area contributed by atoms with E-state index in [0.717, 1.165) is 18.4 Å². The molecule has 1 amide bonds. The third-order valence-electron chi connectivity index (χ3n) is 3.99. The maximum absolute atomic E-state index is 12.2. The van der Waals surface area contributed by atoms with Crippen molar-refractivity contribution in [1.29, 1.82) is 0 Å². The Hall–Kier alpha value is -1.71. The molecular formula is C16H24N2O2. The van der Waals surface area contributed by atoms with E-state index in [0.29, 0.717) is 18.0 Å². The van der Waals surface area contributed by atoms with Gasteiger partial charge in [0.15, 0.2) is 0 Å². The van der Waals surface area contributed by atoms with Crippen molar-refractivity contribution in [2.24, 2.45) is 5.92 Å². The lowest BCUT2D eigenvalue weighted by atomic mass is 9.99. The van der Waals surface area contributed by atoms with Crippen molar-refractivity contribution in [3.05, 3.63) is 23.8 Å². The van der Waals surface area contributed by atoms with Gasteiger partial charge in [-0.3, -0.25) is 4.79 Å². The molecule has 1 saturated carbocycles. The Labute approximate surface area is 120 Å². The fraction of sp³-hybridized carbons (Fsp3) is 0.562. The van der Waals surface area contributed by atoms with Gasteiger partial charge >= 0.3 is 0 Å². The highest BCUT2D eigenvalue weighted by atomic mass is 16.5. The van der Waals surface area contributed by atoms with Gasteiger partial charge in [-0.25, -0.2) is 0 Å². The van der Waals surface area contributed by atoms with E-state index >= 15 is 0 Å². The van der Waals surface area contributed by atoms with E-state index in [1.165, 1.54) is 25.7 Å². The lowest BCUT2D eigenvalue weighted by Gasteiger charge is -2.14. The molecule has 0 radical (unpaired) electrons. The van der Waals surface area contributed by atoms with Crippen LogP contribution in [-0.2, 0) is 11.3 Å². The summed E-state index contributed by atoms with van der Waals surface area (Å²) in [6, 6.07) is 5.62. The Kier molecular flexibility index (Phi) is 5.27. The number of methoxy groups -OCH3 is 1. The summed E-state index contributed by atoms with van der Waals surface area (Å²) >= 11 is 0. The summed E-state index contributed by atoms with van der Waals surface area (Å²) in [6.07, 6.45) is 6.92. The molecule has 0 bridgehead atoms. The van der Waals surface area contributed by atoms with Gasteiger partial charge in [-0.05, 0) is 30.5 Å². The summed E-state index contributed by atoms with van der Waals surface area (Å²) in [4.78, 5) is 12.2. The van der Waals surface area contributed by atoms with E-state index in [9.17, 15) is 4.79 Å². The van der Waals surface area contributed by atoms with Crippen LogP contribution in [0.1, 0.15) is 44.1 Å². The Morgan fingerprint density at radius 1 is 1.30 bits per heavy atom. The van der Waals surface area contributed by atoms with Crippen LogP contribution in [0.15, 0.2) is 18.2 Å². The third kappa shape index (κ3) is 3.89. The van der Waals surface area contributed by atoms with E-state index < -0.39 is 0 Å². The van der Waals surface area contributed by atoms with Gasteiger partial charge in [-0.2, -0.15) is 0 Å². The van der Waals surface area contributed by atoms with E-state index in [-0.39, 0.29) is 11.8 Å². The number of nitrogens with two attached hydrogens (primary N) is 1. The Balaban J connectivity index is 1.87. The molecule has 0 unspecified atom stereocenters. The Morgan fingerprint density at radius 2 is 2.00 bits per heavy atom. The number of anilines is 1. The zero-order valence-electron chi connectivity index (χ0n) is 12.2. The van der Waals surface area contributed by atoms with Crippen molar-refractivity contribution in [3.8, 4) is 5.75 Å². The predicted octanol–water partition coefficient (Wildman–Crippen LogP) is 2.86. The number of amides is 1. The molecule has 0 heterocycles. The topological polar surface area (TPSA) is 64.3 Å². The van der Waals surface area contributed by atoms with Crippen LogP contribution in [0.3, 0.4) is 0 Å². The van der Waals surface area contributed by atoms with Gasteiger partial charge in [0, 0.05) is 12.5 Å². The van der Waals surface area contributed by atoms with Crippen molar-refractivity contribution >= 4 is 11.6 Å². The van der Waals surface area contributed by atoms with Gasteiger partial charge in [0.25, 0.3) is 0 Å². The highest BCUT2D eigenvalue weighted by Crippen LogP contribution is 2.24. The molecule has 110 valence electrons. The van der Waals surface area contributed by atoms with Crippen LogP contribution in [0.4, 0.5) is 5.69 Å². The highest BCUT2D eigenvalue weighted by molar-refractivity contribution is 5.78. The number of hydrogen-bond acceptors (Lipinski definition) is 3. The lowest BCUT2D eigenvalue weighted by molar-refractivity contribution is -0.125. The van der Waals surface area contributed by atoms with Crippen molar-refractivity contribution in [2.75, 3.05) is 12.8 Å². The molecule has 0 aliphatic heterocycles. The molecule has 3 N–H and O–H groups in total. The fourth-order valence-electron chi connectivity index (χ4n) is 2.77. The fourth-order valence-corrected chi connectivity index (χ4v) is 2.77. The number of nitrogens with one attached hydrogen (secondary N) is 1. The van der Waals surface area contributed by atoms with Gasteiger partial charge in [-0.15, -0.1) is 0 Å². The Morgan fingerprint density at radius 3 is 2.60 bits per heavy atom. The second kappa shape index (κ2) is 7.17. The normalized spacial score (nSPS) is 16.4. The molecule has 0 spiro atoms. The summed E-state index contributed by atoms with van der Waals surface area (Å²) in [6.45, 7) is 0.531. The molecule has 4 heteroatoms. The molecule has 0 saturated heterocycles. The molecular weight excluding hydrogens is 252 g/mol. The van der Waals surface area contributed by atoms with Gasteiger partial charge in [0.2, 0.25) is 5.91 Å². The molecule has 0 aromatic heterocycles. The Bertz CT molecular complexity index is 452. The van der Waals surface area contributed by atoms with Crippen LogP contribution in [0.2, 0.25) is 0 Å². The first-order valence-corrected chi connectivity index (χ1v) is 7.41. The third-order valence-corrected chi connectivity index (χ3v) is 3.99. The molecule has 1 aliphatic rings. The van der Waals surface area contributed by atoms with E-state index in [2.05, 4.69) is 5.32 Å². The van der Waals surface area contributed by atoms with Crippen LogP contribution < -0.4 is 15.8 Å². The van der Waals surface area contributed by atoms with Crippen LogP contribution in [-0.4, -0.2) is 13.0 Å². The highest BCUT2D eigenvalue weighted by Gasteiger charge is 2.19. The number of carbonyl (C=O) groups excluding carboxylic acids is 1. The number of rotatable bonds is 4. The van der Waals surface area contributed by atoms with Crippen LogP contribution in [0.5, 0.6) is 5.75 Å². The minimum atomic E-state index is 0.182. The maximum Gasteiger partial charge on any atom is 0.223 e. The minimum Gasteiger partial charge on any atom is -0.495 e. The smallest absolute Gasteiger partial charge is 0.223 e. The number of carbonyl (C=O) groups is 1. The molecule has 1 aromatic carbocycles. The summed E-state index contributed by atoms with van der Waals surface area (Å²) in [5.41, 5.74) is 7.47. The van der Waals surface area contributed by atoms with Crippen molar-refractivity contribution in [2.45, 2.75) is 45.1 Å². The summed E-state index contributed by atoms with van der Waals surface area (Å²) in [7, 11) is 1.60. The molecule has 1 aliphatic carbocycles. The standard InChI is InChI=1S/C16H24N2O2/c1-20-15-9-8-12(10-14(15)17)11-18-16(19)13-6-4-2-3-5-7-13/h8-10,13H,2-7,11,17H2,1H3,(H,18,19). The lowest BCUT2D eigenvalue weighted by Crippen LogP contribution is -2.30. The maximum atomic E-state index is 12.2. The van der Waals surface area contributed by atoms with Crippen LogP contribution in [0.25, 0.3) is 0 Å². The van der Waals surface area contributed by atoms with E-state index in [1.54, 1.807) is 7.11 Å². The molecule has 20 heavy (non-hydrogen) atoms. The first-order valence-electron chi connectivity index (χ1n) is 7.41. The predicted molar refractivity (Wildman–Crippen MR) is 80.4 cm³/mol. The molecule has 2 rings (SSSR count).